The number of benzene rings is 1. The van der Waals surface area contributed by atoms with Crippen LogP contribution in [-0.4, -0.2) is 42.6 Å². The Kier molecular flexibility index (Phi) is 11.8. The molecule has 0 spiro atoms. The molecular weight excluding hydrogens is 521 g/mol. The molecule has 3 N–H and O–H groups in total. The monoisotopic (exact) mass is 555 g/mol. The summed E-state index contributed by atoms with van der Waals surface area (Å²) < 4.78 is 11.6. The highest BCUT2D eigenvalue weighted by atomic mass is 127. The van der Waals surface area contributed by atoms with Gasteiger partial charge in [0.05, 0.1) is 13.2 Å². The maximum Gasteiger partial charge on any atom is 0.239 e. The van der Waals surface area contributed by atoms with Crippen LogP contribution in [0, 0.1) is 0 Å². The zero-order valence-corrected chi connectivity index (χ0v) is 21.7. The molecule has 0 radical (unpaired) electrons. The quantitative estimate of drug-likeness (QED) is 0.247. The van der Waals surface area contributed by atoms with E-state index in [1.165, 1.54) is 0 Å². The Bertz CT molecular complexity index is 867. The number of rotatable bonds is 9. The van der Waals surface area contributed by atoms with Crippen molar-refractivity contribution < 1.29 is 14.3 Å². The third kappa shape index (κ3) is 10.2. The maximum atomic E-state index is 12.0. The topological polar surface area (TPSA) is 96.9 Å². The van der Waals surface area contributed by atoms with E-state index in [-0.39, 0.29) is 42.0 Å². The van der Waals surface area contributed by atoms with Crippen molar-refractivity contribution in [3.63, 3.8) is 0 Å². The highest BCUT2D eigenvalue weighted by Crippen LogP contribution is 2.25. The van der Waals surface area contributed by atoms with Crippen LogP contribution in [0.15, 0.2) is 47.6 Å². The van der Waals surface area contributed by atoms with Crippen molar-refractivity contribution in [2.75, 3.05) is 20.2 Å². The van der Waals surface area contributed by atoms with Crippen LogP contribution in [0.1, 0.15) is 39.7 Å². The molecule has 0 atom stereocenters. The standard InChI is InChI=1S/C23H33N5O3.HI/c1-6-14-30-18-9-11-19(12-10-18)31-21-17(8-7-13-25-21)15-26-22(24-5)27-16-20(29)28-23(2,3)4;/h7-13H,6,14-16H2,1-5H3,(H,28,29)(H2,24,26,27);1H. The number of aliphatic imine (C=N–C) groups is 1. The number of halogens is 1. The molecule has 0 aliphatic heterocycles. The summed E-state index contributed by atoms with van der Waals surface area (Å²) in [5.41, 5.74) is 0.578. The van der Waals surface area contributed by atoms with Gasteiger partial charge in [0, 0.05) is 30.9 Å². The van der Waals surface area contributed by atoms with Gasteiger partial charge in [-0.2, -0.15) is 0 Å². The van der Waals surface area contributed by atoms with E-state index in [4.69, 9.17) is 9.47 Å². The summed E-state index contributed by atoms with van der Waals surface area (Å²) in [5.74, 6) is 2.38. The summed E-state index contributed by atoms with van der Waals surface area (Å²) in [6.07, 6.45) is 2.64. The number of nitrogens with zero attached hydrogens (tertiary/aromatic N) is 2. The fourth-order valence-corrected chi connectivity index (χ4v) is 2.61. The van der Waals surface area contributed by atoms with Crippen LogP contribution in [0.3, 0.4) is 0 Å². The average Bonchev–Trinajstić information content (AvgIpc) is 2.73. The lowest BCUT2D eigenvalue weighted by atomic mass is 10.1. The number of aromatic nitrogens is 1. The second-order valence-corrected chi connectivity index (χ2v) is 7.97. The summed E-state index contributed by atoms with van der Waals surface area (Å²) in [4.78, 5) is 20.5. The maximum absolute atomic E-state index is 12.0. The van der Waals surface area contributed by atoms with E-state index in [1.807, 2.05) is 57.2 Å². The molecular formula is C23H34IN5O3. The van der Waals surface area contributed by atoms with Gasteiger partial charge >= 0.3 is 0 Å². The SMILES string of the molecule is CCCOc1ccc(Oc2ncccc2CNC(=NC)NCC(=O)NC(C)(C)C)cc1.I. The first-order valence-electron chi connectivity index (χ1n) is 10.4. The van der Waals surface area contributed by atoms with Crippen LogP contribution < -0.4 is 25.4 Å². The Labute approximate surface area is 207 Å². The van der Waals surface area contributed by atoms with E-state index in [2.05, 4.69) is 32.9 Å². The first kappa shape index (κ1) is 27.5. The fourth-order valence-electron chi connectivity index (χ4n) is 2.61. The molecule has 0 aliphatic rings. The molecule has 0 saturated carbocycles. The lowest BCUT2D eigenvalue weighted by Gasteiger charge is -2.21. The number of guanidine groups is 1. The molecule has 1 amide bonds. The molecule has 0 fully saturated rings. The molecule has 2 aromatic rings. The minimum Gasteiger partial charge on any atom is -0.494 e. The van der Waals surface area contributed by atoms with Gasteiger partial charge in [0.2, 0.25) is 11.8 Å². The van der Waals surface area contributed by atoms with E-state index in [9.17, 15) is 4.79 Å². The summed E-state index contributed by atoms with van der Waals surface area (Å²) in [6, 6.07) is 11.2. The number of hydrogen-bond donors (Lipinski definition) is 3. The molecule has 176 valence electrons. The van der Waals surface area contributed by atoms with Gasteiger partial charge in [0.15, 0.2) is 5.96 Å². The van der Waals surface area contributed by atoms with Gasteiger partial charge in [0.1, 0.15) is 11.5 Å². The Morgan fingerprint density at radius 1 is 1.09 bits per heavy atom. The smallest absolute Gasteiger partial charge is 0.239 e. The number of ether oxygens (including phenoxy) is 2. The van der Waals surface area contributed by atoms with Gasteiger partial charge in [0.25, 0.3) is 0 Å². The third-order valence-corrected chi connectivity index (χ3v) is 3.96. The molecule has 1 aromatic heterocycles. The first-order valence-corrected chi connectivity index (χ1v) is 10.4. The van der Waals surface area contributed by atoms with Crippen LogP contribution in [0.2, 0.25) is 0 Å². The van der Waals surface area contributed by atoms with Crippen LogP contribution in [0.4, 0.5) is 0 Å². The van der Waals surface area contributed by atoms with Crippen LogP contribution in [0.25, 0.3) is 0 Å². The zero-order chi connectivity index (χ0) is 22.7. The van der Waals surface area contributed by atoms with Crippen LogP contribution >= 0.6 is 24.0 Å². The molecule has 0 bridgehead atoms. The summed E-state index contributed by atoms with van der Waals surface area (Å²) in [5, 5.41) is 9.09. The minimum absolute atomic E-state index is 0. The van der Waals surface area contributed by atoms with Crippen molar-refractivity contribution in [2.24, 2.45) is 4.99 Å². The highest BCUT2D eigenvalue weighted by Gasteiger charge is 2.14. The van der Waals surface area contributed by atoms with Crippen molar-refractivity contribution in [3.8, 4) is 17.4 Å². The van der Waals surface area contributed by atoms with E-state index >= 15 is 0 Å². The van der Waals surface area contributed by atoms with Gasteiger partial charge < -0.3 is 25.4 Å². The van der Waals surface area contributed by atoms with Crippen LogP contribution in [0.5, 0.6) is 17.4 Å². The van der Waals surface area contributed by atoms with Gasteiger partial charge in [-0.1, -0.05) is 13.0 Å². The third-order valence-electron chi connectivity index (χ3n) is 3.96. The first-order chi connectivity index (χ1) is 14.8. The molecule has 1 heterocycles. The average molecular weight is 555 g/mol. The molecule has 0 saturated heterocycles. The second-order valence-electron chi connectivity index (χ2n) is 7.97. The van der Waals surface area contributed by atoms with Gasteiger partial charge in [-0.05, 0) is 57.5 Å². The minimum atomic E-state index is -0.280. The largest absolute Gasteiger partial charge is 0.494 e. The second kappa shape index (κ2) is 13.8. The van der Waals surface area contributed by atoms with Crippen molar-refractivity contribution in [1.29, 1.82) is 0 Å². The normalized spacial score (nSPS) is 11.2. The molecule has 0 aliphatic carbocycles. The Morgan fingerprint density at radius 2 is 1.78 bits per heavy atom. The molecule has 32 heavy (non-hydrogen) atoms. The Balaban J connectivity index is 0.00000512. The molecule has 0 unspecified atom stereocenters. The number of carbonyl (C=O) groups excluding carboxylic acids is 1. The Hall–Kier alpha value is -2.56. The van der Waals surface area contributed by atoms with Crippen molar-refractivity contribution >= 4 is 35.8 Å². The lowest BCUT2D eigenvalue weighted by Crippen LogP contribution is -2.48. The fraction of sp³-hybridized carbons (Fsp3) is 0.435. The summed E-state index contributed by atoms with van der Waals surface area (Å²) in [6.45, 7) is 9.12. The van der Waals surface area contributed by atoms with Gasteiger partial charge in [-0.15, -0.1) is 24.0 Å². The zero-order valence-electron chi connectivity index (χ0n) is 19.4. The Morgan fingerprint density at radius 3 is 2.41 bits per heavy atom. The molecule has 8 nitrogen and oxygen atoms in total. The van der Waals surface area contributed by atoms with Crippen LogP contribution in [-0.2, 0) is 11.3 Å². The number of hydrogen-bond acceptors (Lipinski definition) is 5. The van der Waals surface area contributed by atoms with Crippen molar-refractivity contribution in [2.45, 2.75) is 46.2 Å². The van der Waals surface area contributed by atoms with E-state index in [1.54, 1.807) is 13.2 Å². The number of pyridine rings is 1. The predicted molar refractivity (Wildman–Crippen MR) is 138 cm³/mol. The van der Waals surface area contributed by atoms with Crippen molar-refractivity contribution in [3.05, 3.63) is 48.2 Å². The van der Waals surface area contributed by atoms with Crippen molar-refractivity contribution in [1.82, 2.24) is 20.9 Å². The highest BCUT2D eigenvalue weighted by molar-refractivity contribution is 14.0. The number of amides is 1. The molecule has 9 heteroatoms. The van der Waals surface area contributed by atoms with E-state index in [0.717, 1.165) is 17.7 Å². The predicted octanol–water partition coefficient (Wildman–Crippen LogP) is 3.86. The summed E-state index contributed by atoms with van der Waals surface area (Å²) >= 11 is 0. The van der Waals surface area contributed by atoms with E-state index < -0.39 is 0 Å². The number of carbonyl (C=O) groups is 1. The lowest BCUT2D eigenvalue weighted by molar-refractivity contribution is -0.121. The summed E-state index contributed by atoms with van der Waals surface area (Å²) in [7, 11) is 1.65. The molecule has 1 aromatic carbocycles. The molecule has 2 rings (SSSR count). The van der Waals surface area contributed by atoms with Gasteiger partial charge in [-0.3, -0.25) is 9.79 Å². The van der Waals surface area contributed by atoms with Gasteiger partial charge in [-0.25, -0.2) is 4.98 Å². The number of nitrogens with one attached hydrogen (secondary N) is 3. The van der Waals surface area contributed by atoms with E-state index in [0.29, 0.717) is 30.7 Å².